The van der Waals surface area contributed by atoms with Crippen molar-refractivity contribution in [1.82, 2.24) is 9.46 Å². The summed E-state index contributed by atoms with van der Waals surface area (Å²) in [5.41, 5.74) is 0.428. The molecule has 1 saturated heterocycles. The van der Waals surface area contributed by atoms with Crippen LogP contribution in [0.5, 0.6) is 0 Å². The Morgan fingerprint density at radius 1 is 1.41 bits per heavy atom. The maximum atomic E-state index is 12.1. The lowest BCUT2D eigenvalue weighted by Gasteiger charge is -2.34. The third-order valence-corrected chi connectivity index (χ3v) is 4.35. The first-order valence-electron chi connectivity index (χ1n) is 5.50. The summed E-state index contributed by atoms with van der Waals surface area (Å²) >= 11 is 0. The molecule has 0 bridgehead atoms. The Balaban J connectivity index is 2.09. The first-order chi connectivity index (χ1) is 7.97. The first-order valence-corrected chi connectivity index (χ1v) is 7.11. The minimum absolute atomic E-state index is 0.0779. The van der Waals surface area contributed by atoms with Crippen LogP contribution in [0.3, 0.4) is 0 Å². The van der Waals surface area contributed by atoms with Crippen molar-refractivity contribution >= 4 is 10.0 Å². The van der Waals surface area contributed by atoms with E-state index in [-0.39, 0.29) is 18.0 Å². The summed E-state index contributed by atoms with van der Waals surface area (Å²) in [6.07, 6.45) is 1.21. The second-order valence-electron chi connectivity index (χ2n) is 4.32. The first kappa shape index (κ1) is 12.5. The average Bonchev–Trinajstić information content (AvgIpc) is 2.68. The van der Waals surface area contributed by atoms with Gasteiger partial charge in [0.15, 0.2) is 0 Å². The highest BCUT2D eigenvalue weighted by molar-refractivity contribution is 7.88. The van der Waals surface area contributed by atoms with Crippen molar-refractivity contribution in [2.75, 3.05) is 13.1 Å². The molecular weight excluding hydrogens is 244 g/mol. The Kier molecular flexibility index (Phi) is 3.50. The van der Waals surface area contributed by atoms with E-state index >= 15 is 0 Å². The lowest BCUT2D eigenvalue weighted by molar-refractivity contribution is -0.0441. The molecule has 0 spiro atoms. The van der Waals surface area contributed by atoms with Crippen LogP contribution in [0.25, 0.3) is 0 Å². The molecule has 0 aromatic carbocycles. The molecule has 96 valence electrons. The van der Waals surface area contributed by atoms with Gasteiger partial charge in [-0.2, -0.15) is 4.31 Å². The van der Waals surface area contributed by atoms with Gasteiger partial charge in [-0.3, -0.25) is 0 Å². The fourth-order valence-corrected chi connectivity index (χ4v) is 3.53. The van der Waals surface area contributed by atoms with Crippen LogP contribution in [0.1, 0.15) is 19.5 Å². The second kappa shape index (κ2) is 4.75. The molecule has 1 fully saturated rings. The van der Waals surface area contributed by atoms with E-state index in [1.54, 1.807) is 6.07 Å². The van der Waals surface area contributed by atoms with Gasteiger partial charge in [0.2, 0.25) is 10.0 Å². The van der Waals surface area contributed by atoms with Crippen LogP contribution in [-0.4, -0.2) is 43.2 Å². The molecular formula is C10H16N2O4S. The fourth-order valence-electron chi connectivity index (χ4n) is 1.95. The summed E-state index contributed by atoms with van der Waals surface area (Å²) in [6, 6.07) is 1.56. The highest BCUT2D eigenvalue weighted by Crippen LogP contribution is 2.17. The van der Waals surface area contributed by atoms with Crippen LogP contribution in [0.15, 0.2) is 16.9 Å². The summed E-state index contributed by atoms with van der Waals surface area (Å²) in [6.45, 7) is 4.53. The van der Waals surface area contributed by atoms with E-state index in [9.17, 15) is 8.42 Å². The SMILES string of the molecule is C[C@@H]1CN(S(=O)(=O)Cc2ccon2)C[C@@H](C)O1. The Morgan fingerprint density at radius 3 is 2.59 bits per heavy atom. The number of nitrogens with zero attached hydrogens (tertiary/aromatic N) is 2. The summed E-state index contributed by atoms with van der Waals surface area (Å²) in [4.78, 5) is 0. The van der Waals surface area contributed by atoms with E-state index in [1.165, 1.54) is 10.6 Å². The van der Waals surface area contributed by atoms with Crippen LogP contribution >= 0.6 is 0 Å². The minimum Gasteiger partial charge on any atom is -0.373 e. The number of sulfonamides is 1. The number of hydrogen-bond acceptors (Lipinski definition) is 5. The van der Waals surface area contributed by atoms with Gasteiger partial charge in [-0.05, 0) is 13.8 Å². The molecule has 6 nitrogen and oxygen atoms in total. The molecule has 17 heavy (non-hydrogen) atoms. The van der Waals surface area contributed by atoms with E-state index in [0.717, 1.165) is 0 Å². The van der Waals surface area contributed by atoms with Gasteiger partial charge in [0, 0.05) is 19.2 Å². The highest BCUT2D eigenvalue weighted by atomic mass is 32.2. The van der Waals surface area contributed by atoms with Crippen molar-refractivity contribution in [1.29, 1.82) is 0 Å². The van der Waals surface area contributed by atoms with Gasteiger partial charge in [0.25, 0.3) is 0 Å². The monoisotopic (exact) mass is 260 g/mol. The van der Waals surface area contributed by atoms with E-state index in [4.69, 9.17) is 4.74 Å². The highest BCUT2D eigenvalue weighted by Gasteiger charge is 2.31. The molecule has 1 aromatic heterocycles. The molecule has 2 rings (SSSR count). The summed E-state index contributed by atoms with van der Waals surface area (Å²) in [5, 5.41) is 3.62. The second-order valence-corrected chi connectivity index (χ2v) is 6.29. The van der Waals surface area contributed by atoms with Crippen molar-refractivity contribution in [2.24, 2.45) is 0 Å². The summed E-state index contributed by atoms with van der Waals surface area (Å²) in [7, 11) is -3.34. The molecule has 0 radical (unpaired) electrons. The maximum absolute atomic E-state index is 12.1. The Morgan fingerprint density at radius 2 is 2.06 bits per heavy atom. The van der Waals surface area contributed by atoms with Crippen LogP contribution in [0.2, 0.25) is 0 Å². The van der Waals surface area contributed by atoms with Crippen molar-refractivity contribution in [3.8, 4) is 0 Å². The van der Waals surface area contributed by atoms with Crippen LogP contribution in [-0.2, 0) is 20.5 Å². The molecule has 0 unspecified atom stereocenters. The number of aromatic nitrogens is 1. The molecule has 0 saturated carbocycles. The Bertz CT molecular complexity index is 447. The van der Waals surface area contributed by atoms with Crippen LogP contribution in [0, 0.1) is 0 Å². The summed E-state index contributed by atoms with van der Waals surface area (Å²) < 4.78 is 35.9. The van der Waals surface area contributed by atoms with Gasteiger partial charge in [0.1, 0.15) is 12.0 Å². The van der Waals surface area contributed by atoms with Gasteiger partial charge >= 0.3 is 0 Å². The average molecular weight is 260 g/mol. The molecule has 0 aliphatic carbocycles. The van der Waals surface area contributed by atoms with E-state index < -0.39 is 10.0 Å². The minimum atomic E-state index is -3.34. The molecule has 7 heteroatoms. The van der Waals surface area contributed by atoms with Crippen LogP contribution < -0.4 is 0 Å². The number of morpholine rings is 1. The summed E-state index contributed by atoms with van der Waals surface area (Å²) in [5.74, 6) is -0.122. The normalized spacial score (nSPS) is 27.2. The van der Waals surface area contributed by atoms with Gasteiger partial charge in [-0.1, -0.05) is 5.16 Å². The lowest BCUT2D eigenvalue weighted by atomic mass is 10.3. The smallest absolute Gasteiger partial charge is 0.220 e. The Labute approximate surface area is 101 Å². The van der Waals surface area contributed by atoms with Crippen molar-refractivity contribution in [2.45, 2.75) is 31.8 Å². The molecule has 1 aromatic rings. The largest absolute Gasteiger partial charge is 0.373 e. The van der Waals surface area contributed by atoms with Crippen molar-refractivity contribution < 1.29 is 17.7 Å². The molecule has 2 heterocycles. The third-order valence-electron chi connectivity index (χ3n) is 2.60. The van der Waals surface area contributed by atoms with E-state index in [0.29, 0.717) is 18.8 Å². The number of ether oxygens (including phenoxy) is 1. The van der Waals surface area contributed by atoms with Crippen molar-refractivity contribution in [3.63, 3.8) is 0 Å². The van der Waals surface area contributed by atoms with Gasteiger partial charge < -0.3 is 9.26 Å². The third kappa shape index (κ3) is 3.05. The standard InChI is InChI=1S/C10H16N2O4S/c1-8-5-12(6-9(2)16-8)17(13,14)7-10-3-4-15-11-10/h3-4,8-9H,5-7H2,1-2H3/t8-,9-/m1/s1. The molecule has 1 aliphatic rings. The van der Waals surface area contributed by atoms with Crippen molar-refractivity contribution in [3.05, 3.63) is 18.0 Å². The lowest BCUT2D eigenvalue weighted by Crippen LogP contribution is -2.48. The van der Waals surface area contributed by atoms with E-state index in [2.05, 4.69) is 9.68 Å². The number of hydrogen-bond donors (Lipinski definition) is 0. The van der Waals surface area contributed by atoms with Crippen LogP contribution in [0.4, 0.5) is 0 Å². The predicted octanol–water partition coefficient (Wildman–Crippen LogP) is 0.614. The molecule has 0 amide bonds. The zero-order chi connectivity index (χ0) is 12.5. The topological polar surface area (TPSA) is 72.6 Å². The number of rotatable bonds is 3. The predicted molar refractivity (Wildman–Crippen MR) is 60.7 cm³/mol. The maximum Gasteiger partial charge on any atom is 0.220 e. The Hall–Kier alpha value is -0.920. The van der Waals surface area contributed by atoms with E-state index in [1.807, 2.05) is 13.8 Å². The molecule has 0 N–H and O–H groups in total. The zero-order valence-electron chi connectivity index (χ0n) is 9.87. The quantitative estimate of drug-likeness (QED) is 0.796. The van der Waals surface area contributed by atoms with Gasteiger partial charge in [-0.25, -0.2) is 8.42 Å². The van der Waals surface area contributed by atoms with Gasteiger partial charge in [0.05, 0.1) is 17.9 Å². The fraction of sp³-hybridized carbons (Fsp3) is 0.700. The van der Waals surface area contributed by atoms with Gasteiger partial charge in [-0.15, -0.1) is 0 Å². The molecule has 2 atom stereocenters. The zero-order valence-corrected chi connectivity index (χ0v) is 10.7. The molecule has 1 aliphatic heterocycles.